The number of fused-ring (bicyclic) bond motifs is 1. The van der Waals surface area contributed by atoms with Crippen LogP contribution in [0.25, 0.3) is 6.08 Å². The van der Waals surface area contributed by atoms with Gasteiger partial charge in [-0.25, -0.2) is 0 Å². The first-order chi connectivity index (χ1) is 14.0. The highest BCUT2D eigenvalue weighted by molar-refractivity contribution is 5.92. The molecule has 1 amide bonds. The van der Waals surface area contributed by atoms with Crippen LogP contribution in [-0.2, 0) is 4.79 Å². The Kier molecular flexibility index (Phi) is 4.72. The molecule has 1 N–H and O–H groups in total. The molecule has 5 nitrogen and oxygen atoms in total. The van der Waals surface area contributed by atoms with Crippen LogP contribution < -0.4 is 19.5 Å². The fraction of sp³-hybridized carbons (Fsp3) is 0.625. The Morgan fingerprint density at radius 3 is 2.45 bits per heavy atom. The normalized spacial score (nSPS) is 33.0. The molecule has 4 aliphatic carbocycles. The van der Waals surface area contributed by atoms with E-state index < -0.39 is 0 Å². The maximum absolute atomic E-state index is 12.7. The predicted molar refractivity (Wildman–Crippen MR) is 111 cm³/mol. The zero-order chi connectivity index (χ0) is 20.0. The van der Waals surface area contributed by atoms with Gasteiger partial charge in [0.05, 0.1) is 7.11 Å². The summed E-state index contributed by atoms with van der Waals surface area (Å²) in [6.07, 6.45) is 11.6. The van der Waals surface area contributed by atoms with Gasteiger partial charge in [0, 0.05) is 12.1 Å². The maximum atomic E-state index is 12.7. The lowest BCUT2D eigenvalue weighted by Crippen LogP contribution is -2.55. The lowest BCUT2D eigenvalue weighted by Gasteiger charge is -2.59. The second-order valence-corrected chi connectivity index (χ2v) is 9.59. The van der Waals surface area contributed by atoms with E-state index in [1.54, 1.807) is 13.2 Å². The van der Waals surface area contributed by atoms with E-state index in [0.717, 1.165) is 23.3 Å². The lowest BCUT2D eigenvalue weighted by molar-refractivity contribution is -0.121. The fourth-order valence-corrected chi connectivity index (χ4v) is 6.68. The van der Waals surface area contributed by atoms with E-state index >= 15 is 0 Å². The summed E-state index contributed by atoms with van der Waals surface area (Å²) in [7, 11) is 1.61. The average Bonchev–Trinajstić information content (AvgIpc) is 2.70. The number of carbonyl (C=O) groups excluding carboxylic acids is 1. The zero-order valence-corrected chi connectivity index (χ0v) is 17.4. The molecule has 0 spiro atoms. The number of ether oxygens (including phenoxy) is 3. The van der Waals surface area contributed by atoms with Crippen LogP contribution >= 0.6 is 0 Å². The fourth-order valence-electron chi connectivity index (χ4n) is 6.68. The van der Waals surface area contributed by atoms with Crippen LogP contribution in [0.1, 0.15) is 51.0 Å². The molecule has 1 heterocycles. The first kappa shape index (κ1) is 18.8. The molecule has 156 valence electrons. The number of rotatable bonds is 5. The van der Waals surface area contributed by atoms with Crippen molar-refractivity contribution in [2.45, 2.75) is 51.5 Å². The number of hydrogen-bond acceptors (Lipinski definition) is 4. The summed E-state index contributed by atoms with van der Waals surface area (Å²) >= 11 is 0. The minimum Gasteiger partial charge on any atom is -0.493 e. The third-order valence-electron chi connectivity index (χ3n) is 7.64. The number of nitrogens with one attached hydrogen (secondary N) is 1. The molecule has 1 aliphatic heterocycles. The smallest absolute Gasteiger partial charge is 0.244 e. The van der Waals surface area contributed by atoms with Crippen molar-refractivity contribution >= 4 is 12.0 Å². The summed E-state index contributed by atoms with van der Waals surface area (Å²) in [6.45, 7) is 3.25. The second kappa shape index (κ2) is 7.26. The molecule has 29 heavy (non-hydrogen) atoms. The third kappa shape index (κ3) is 3.49. The Morgan fingerprint density at radius 2 is 1.79 bits per heavy atom. The van der Waals surface area contributed by atoms with E-state index in [1.165, 1.54) is 38.5 Å². The molecule has 1 aromatic carbocycles. The van der Waals surface area contributed by atoms with Gasteiger partial charge >= 0.3 is 0 Å². The SMILES string of the molecule is COc1cc(/C=C/C(=O)NC(C)C23CC4CC(CC(C4)C2)C3)cc2c1OCCO2. The topological polar surface area (TPSA) is 56.8 Å². The molecular weight excluding hydrogens is 366 g/mol. The van der Waals surface area contributed by atoms with Gasteiger partial charge in [0.1, 0.15) is 13.2 Å². The molecule has 1 atom stereocenters. The van der Waals surface area contributed by atoms with E-state index in [1.807, 2.05) is 18.2 Å². The van der Waals surface area contributed by atoms with Gasteiger partial charge in [0.2, 0.25) is 11.7 Å². The van der Waals surface area contributed by atoms with E-state index in [2.05, 4.69) is 12.2 Å². The van der Waals surface area contributed by atoms with Crippen LogP contribution in [0.4, 0.5) is 0 Å². The minimum atomic E-state index is -0.0258. The molecule has 4 bridgehead atoms. The molecule has 0 aromatic heterocycles. The highest BCUT2D eigenvalue weighted by Gasteiger charge is 2.53. The van der Waals surface area contributed by atoms with Crippen molar-refractivity contribution in [3.05, 3.63) is 23.8 Å². The van der Waals surface area contributed by atoms with E-state index in [0.29, 0.717) is 35.9 Å². The van der Waals surface area contributed by atoms with Crippen molar-refractivity contribution < 1.29 is 19.0 Å². The largest absolute Gasteiger partial charge is 0.493 e. The summed E-state index contributed by atoms with van der Waals surface area (Å²) in [4.78, 5) is 12.7. The molecule has 0 radical (unpaired) electrons. The van der Waals surface area contributed by atoms with Crippen LogP contribution in [0.5, 0.6) is 17.2 Å². The van der Waals surface area contributed by atoms with Crippen LogP contribution in [0.15, 0.2) is 18.2 Å². The molecule has 0 saturated heterocycles. The van der Waals surface area contributed by atoms with Gasteiger partial charge in [-0.1, -0.05) is 0 Å². The van der Waals surface area contributed by atoms with Crippen LogP contribution in [-0.4, -0.2) is 32.3 Å². The van der Waals surface area contributed by atoms with Crippen LogP contribution in [0.3, 0.4) is 0 Å². The number of carbonyl (C=O) groups is 1. The highest BCUT2D eigenvalue weighted by Crippen LogP contribution is 2.61. The number of methoxy groups -OCH3 is 1. The number of benzene rings is 1. The molecule has 1 unspecified atom stereocenters. The number of amides is 1. The summed E-state index contributed by atoms with van der Waals surface area (Å²) in [5.41, 5.74) is 1.18. The molecule has 4 saturated carbocycles. The molecule has 5 aliphatic rings. The maximum Gasteiger partial charge on any atom is 0.244 e. The lowest BCUT2D eigenvalue weighted by atomic mass is 9.48. The Hall–Kier alpha value is -2.17. The van der Waals surface area contributed by atoms with Crippen molar-refractivity contribution in [3.8, 4) is 17.2 Å². The molecule has 6 rings (SSSR count). The summed E-state index contributed by atoms with van der Waals surface area (Å²) in [6, 6.07) is 3.99. The summed E-state index contributed by atoms with van der Waals surface area (Å²) in [5.74, 6) is 4.57. The Labute approximate surface area is 172 Å². The van der Waals surface area contributed by atoms with Gasteiger partial charge in [-0.3, -0.25) is 4.79 Å². The van der Waals surface area contributed by atoms with Crippen molar-refractivity contribution in [3.63, 3.8) is 0 Å². The summed E-state index contributed by atoms with van der Waals surface area (Å²) < 4.78 is 16.7. The third-order valence-corrected chi connectivity index (χ3v) is 7.64. The first-order valence-corrected chi connectivity index (χ1v) is 11.0. The second-order valence-electron chi connectivity index (χ2n) is 9.59. The Bertz CT molecular complexity index is 778. The van der Waals surface area contributed by atoms with Gasteiger partial charge in [0.25, 0.3) is 0 Å². The van der Waals surface area contributed by atoms with Crippen LogP contribution in [0.2, 0.25) is 0 Å². The predicted octanol–water partition coefficient (Wildman–Crippen LogP) is 4.20. The van der Waals surface area contributed by atoms with Crippen molar-refractivity contribution in [1.82, 2.24) is 5.32 Å². The van der Waals surface area contributed by atoms with Gasteiger partial charge in [0.15, 0.2) is 11.5 Å². The first-order valence-electron chi connectivity index (χ1n) is 11.0. The highest BCUT2D eigenvalue weighted by atomic mass is 16.6. The van der Waals surface area contributed by atoms with E-state index in [-0.39, 0.29) is 11.9 Å². The minimum absolute atomic E-state index is 0.0258. The van der Waals surface area contributed by atoms with Gasteiger partial charge < -0.3 is 19.5 Å². The van der Waals surface area contributed by atoms with Gasteiger partial charge in [-0.15, -0.1) is 0 Å². The van der Waals surface area contributed by atoms with Crippen molar-refractivity contribution in [2.75, 3.05) is 20.3 Å². The standard InChI is InChI=1S/C24H31NO4/c1-15(24-12-17-7-18(13-24)9-19(8-17)14-24)25-22(26)4-3-16-10-20(27-2)23-21(11-16)28-5-6-29-23/h3-4,10-11,15,17-19H,5-9,12-14H2,1-2H3,(H,25,26)/b4-3+. The molecule has 1 aromatic rings. The quantitative estimate of drug-likeness (QED) is 0.757. The Morgan fingerprint density at radius 1 is 1.14 bits per heavy atom. The number of hydrogen-bond donors (Lipinski definition) is 1. The van der Waals surface area contributed by atoms with Crippen molar-refractivity contribution in [2.24, 2.45) is 23.2 Å². The Balaban J connectivity index is 1.27. The van der Waals surface area contributed by atoms with Gasteiger partial charge in [-0.2, -0.15) is 0 Å². The van der Waals surface area contributed by atoms with Gasteiger partial charge in [-0.05, 0) is 92.4 Å². The molecule has 4 fully saturated rings. The molecular formula is C24H31NO4. The zero-order valence-electron chi connectivity index (χ0n) is 17.4. The molecule has 5 heteroatoms. The van der Waals surface area contributed by atoms with E-state index in [9.17, 15) is 4.79 Å². The monoisotopic (exact) mass is 397 g/mol. The van der Waals surface area contributed by atoms with Crippen LogP contribution in [0, 0.1) is 23.2 Å². The van der Waals surface area contributed by atoms with Crippen molar-refractivity contribution in [1.29, 1.82) is 0 Å². The van der Waals surface area contributed by atoms with E-state index in [4.69, 9.17) is 14.2 Å². The summed E-state index contributed by atoms with van der Waals surface area (Å²) in [5, 5.41) is 3.29. The average molecular weight is 398 g/mol.